The monoisotopic (exact) mass is 327 g/mol. The number of hydrogen-bond donors (Lipinski definition) is 2. The number of nitrogens with one attached hydrogen (secondary N) is 1. The Morgan fingerprint density at radius 2 is 0.826 bits per heavy atom. The second kappa shape index (κ2) is 21.9. The molecule has 0 radical (unpaired) electrons. The summed E-state index contributed by atoms with van der Waals surface area (Å²) in [6.45, 7) is 5.08. The number of aliphatic hydroxyl groups excluding tert-OH is 1. The molecule has 2 N–H and O–H groups in total. The predicted octanol–water partition coefficient (Wildman–Crippen LogP) is 6.22. The Labute approximate surface area is 146 Å². The number of hydrogen-bond acceptors (Lipinski definition) is 2. The van der Waals surface area contributed by atoms with Crippen molar-refractivity contribution < 1.29 is 5.11 Å². The zero-order valence-electron chi connectivity index (χ0n) is 16.1. The van der Waals surface area contributed by atoms with Gasteiger partial charge in [-0.3, -0.25) is 0 Å². The minimum atomic E-state index is 0.371. The molecule has 0 heterocycles. The van der Waals surface area contributed by atoms with Crippen LogP contribution in [0, 0.1) is 0 Å². The average Bonchev–Trinajstić information content (AvgIpc) is 2.57. The second-order valence-corrected chi connectivity index (χ2v) is 7.13. The highest BCUT2D eigenvalue weighted by molar-refractivity contribution is 4.52. The summed E-state index contributed by atoms with van der Waals surface area (Å²) in [4.78, 5) is 0. The molecule has 0 aliphatic rings. The molecule has 0 aliphatic carbocycles. The molecule has 0 spiro atoms. The molecule has 140 valence electrons. The smallest absolute Gasteiger partial charge is 0.0431 e. The van der Waals surface area contributed by atoms with E-state index >= 15 is 0 Å². The van der Waals surface area contributed by atoms with Gasteiger partial charge in [0, 0.05) is 6.61 Å². The summed E-state index contributed by atoms with van der Waals surface area (Å²) in [5.74, 6) is 0. The van der Waals surface area contributed by atoms with Crippen LogP contribution in [-0.4, -0.2) is 24.8 Å². The lowest BCUT2D eigenvalue weighted by Gasteiger charge is -2.05. The molecule has 0 aromatic carbocycles. The van der Waals surface area contributed by atoms with E-state index in [1.165, 1.54) is 116 Å². The molecule has 0 bridgehead atoms. The summed E-state index contributed by atoms with van der Waals surface area (Å²) in [7, 11) is 0. The first-order valence-electron chi connectivity index (χ1n) is 10.7. The van der Waals surface area contributed by atoms with Crippen LogP contribution in [-0.2, 0) is 0 Å². The van der Waals surface area contributed by atoms with Crippen molar-refractivity contribution in [3.8, 4) is 0 Å². The highest BCUT2D eigenvalue weighted by Crippen LogP contribution is 2.12. The summed E-state index contributed by atoms with van der Waals surface area (Å²) >= 11 is 0. The van der Waals surface area contributed by atoms with E-state index in [1.807, 2.05) is 0 Å². The molecule has 2 nitrogen and oxygen atoms in total. The van der Waals surface area contributed by atoms with E-state index in [2.05, 4.69) is 12.2 Å². The van der Waals surface area contributed by atoms with Gasteiger partial charge in [0.1, 0.15) is 0 Å². The van der Waals surface area contributed by atoms with E-state index in [4.69, 9.17) is 5.11 Å². The number of aliphatic hydroxyl groups is 1. The Morgan fingerprint density at radius 1 is 0.478 bits per heavy atom. The minimum absolute atomic E-state index is 0.371. The Bertz CT molecular complexity index is 176. The molecule has 2 heteroatoms. The van der Waals surface area contributed by atoms with Crippen molar-refractivity contribution in [2.24, 2.45) is 0 Å². The third-order valence-corrected chi connectivity index (χ3v) is 4.72. The Kier molecular flexibility index (Phi) is 21.8. The summed E-state index contributed by atoms with van der Waals surface area (Å²) in [5, 5.41) is 12.3. The Morgan fingerprint density at radius 3 is 1.22 bits per heavy atom. The van der Waals surface area contributed by atoms with E-state index in [-0.39, 0.29) is 0 Å². The van der Waals surface area contributed by atoms with Gasteiger partial charge < -0.3 is 10.4 Å². The molecule has 0 saturated carbocycles. The maximum absolute atomic E-state index is 8.71. The lowest BCUT2D eigenvalue weighted by molar-refractivity contribution is 0.282. The largest absolute Gasteiger partial charge is 0.396 e. The molecule has 0 atom stereocenters. The molecule has 0 aromatic rings. The zero-order chi connectivity index (χ0) is 16.8. The molecule has 0 fully saturated rings. The van der Waals surface area contributed by atoms with E-state index in [9.17, 15) is 0 Å². The van der Waals surface area contributed by atoms with Gasteiger partial charge in [-0.2, -0.15) is 0 Å². The SMILES string of the molecule is CCCCCNCCCCCCCCCCCCCCCCO. The predicted molar refractivity (Wildman–Crippen MR) is 104 cm³/mol. The first-order valence-corrected chi connectivity index (χ1v) is 10.7. The van der Waals surface area contributed by atoms with Crippen molar-refractivity contribution in [3.05, 3.63) is 0 Å². The van der Waals surface area contributed by atoms with Crippen LogP contribution >= 0.6 is 0 Å². The first kappa shape index (κ1) is 22.9. The van der Waals surface area contributed by atoms with Crippen LogP contribution < -0.4 is 5.32 Å². The summed E-state index contributed by atoms with van der Waals surface area (Å²) in [5.41, 5.74) is 0. The van der Waals surface area contributed by atoms with Gasteiger partial charge in [0.25, 0.3) is 0 Å². The molecule has 0 rings (SSSR count). The van der Waals surface area contributed by atoms with Crippen molar-refractivity contribution in [1.82, 2.24) is 5.32 Å². The maximum atomic E-state index is 8.71. The van der Waals surface area contributed by atoms with Crippen molar-refractivity contribution in [2.75, 3.05) is 19.7 Å². The quantitative estimate of drug-likeness (QED) is 0.260. The lowest BCUT2D eigenvalue weighted by atomic mass is 10.0. The van der Waals surface area contributed by atoms with Crippen LogP contribution in [0.5, 0.6) is 0 Å². The summed E-state index contributed by atoms with van der Waals surface area (Å²) in [6, 6.07) is 0. The van der Waals surface area contributed by atoms with E-state index in [0.717, 1.165) is 6.42 Å². The Hall–Kier alpha value is -0.0800. The lowest BCUT2D eigenvalue weighted by Crippen LogP contribution is -2.16. The molecule has 0 saturated heterocycles. The van der Waals surface area contributed by atoms with Crippen molar-refractivity contribution in [2.45, 2.75) is 116 Å². The normalized spacial score (nSPS) is 11.2. The van der Waals surface area contributed by atoms with E-state index in [0.29, 0.717) is 6.61 Å². The highest BCUT2D eigenvalue weighted by Gasteiger charge is 1.94. The van der Waals surface area contributed by atoms with Crippen LogP contribution in [0.25, 0.3) is 0 Å². The van der Waals surface area contributed by atoms with Gasteiger partial charge in [0.15, 0.2) is 0 Å². The molecule has 0 aliphatic heterocycles. The summed E-state index contributed by atoms with van der Waals surface area (Å²) < 4.78 is 0. The van der Waals surface area contributed by atoms with Gasteiger partial charge in [-0.25, -0.2) is 0 Å². The molecule has 0 amide bonds. The van der Waals surface area contributed by atoms with Crippen molar-refractivity contribution >= 4 is 0 Å². The van der Waals surface area contributed by atoms with E-state index < -0.39 is 0 Å². The molecular formula is C21H45NO. The van der Waals surface area contributed by atoms with Crippen LogP contribution in [0.15, 0.2) is 0 Å². The number of unbranched alkanes of at least 4 members (excludes halogenated alkanes) is 15. The van der Waals surface area contributed by atoms with Crippen molar-refractivity contribution in [1.29, 1.82) is 0 Å². The third kappa shape index (κ3) is 21.9. The highest BCUT2D eigenvalue weighted by atomic mass is 16.2. The molecule has 23 heavy (non-hydrogen) atoms. The average molecular weight is 328 g/mol. The van der Waals surface area contributed by atoms with Gasteiger partial charge in [-0.1, -0.05) is 96.8 Å². The first-order chi connectivity index (χ1) is 11.4. The van der Waals surface area contributed by atoms with Gasteiger partial charge in [-0.05, 0) is 32.4 Å². The maximum Gasteiger partial charge on any atom is 0.0431 e. The van der Waals surface area contributed by atoms with E-state index in [1.54, 1.807) is 0 Å². The minimum Gasteiger partial charge on any atom is -0.396 e. The van der Waals surface area contributed by atoms with Crippen LogP contribution in [0.2, 0.25) is 0 Å². The fourth-order valence-corrected chi connectivity index (χ4v) is 3.11. The van der Waals surface area contributed by atoms with Gasteiger partial charge >= 0.3 is 0 Å². The molecular weight excluding hydrogens is 282 g/mol. The standard InChI is InChI=1S/C21H45NO/c1-2-3-16-19-22-20-17-14-12-10-8-6-4-5-7-9-11-13-15-18-21-23/h22-23H,2-21H2,1H3. The van der Waals surface area contributed by atoms with Crippen LogP contribution in [0.3, 0.4) is 0 Å². The zero-order valence-corrected chi connectivity index (χ0v) is 16.1. The fraction of sp³-hybridized carbons (Fsp3) is 1.00. The van der Waals surface area contributed by atoms with Crippen LogP contribution in [0.4, 0.5) is 0 Å². The van der Waals surface area contributed by atoms with Crippen molar-refractivity contribution in [3.63, 3.8) is 0 Å². The topological polar surface area (TPSA) is 32.3 Å². The second-order valence-electron chi connectivity index (χ2n) is 7.13. The molecule has 0 aromatic heterocycles. The number of rotatable bonds is 20. The van der Waals surface area contributed by atoms with Gasteiger partial charge in [0.2, 0.25) is 0 Å². The summed E-state index contributed by atoms with van der Waals surface area (Å²) in [6.07, 6.45) is 23.2. The van der Waals surface area contributed by atoms with Gasteiger partial charge in [0.05, 0.1) is 0 Å². The van der Waals surface area contributed by atoms with Gasteiger partial charge in [-0.15, -0.1) is 0 Å². The molecule has 0 unspecified atom stereocenters. The fourth-order valence-electron chi connectivity index (χ4n) is 3.11. The Balaban J connectivity index is 2.92. The third-order valence-electron chi connectivity index (χ3n) is 4.72. The van der Waals surface area contributed by atoms with Crippen LogP contribution in [0.1, 0.15) is 116 Å².